The number of aryl methyl sites for hydroxylation is 1. The molecule has 0 amide bonds. The molecule has 1 aliphatic rings. The van der Waals surface area contributed by atoms with Crippen molar-refractivity contribution in [1.82, 2.24) is 9.80 Å². The van der Waals surface area contributed by atoms with Gasteiger partial charge in [0.25, 0.3) is 0 Å². The summed E-state index contributed by atoms with van der Waals surface area (Å²) in [4.78, 5) is 18.0. The van der Waals surface area contributed by atoms with E-state index < -0.39 is 0 Å². The van der Waals surface area contributed by atoms with E-state index in [0.29, 0.717) is 0 Å². The Morgan fingerprint density at radius 3 is 2.65 bits per heavy atom. The lowest BCUT2D eigenvalue weighted by Gasteiger charge is -2.32. The highest BCUT2D eigenvalue weighted by atomic mass is 32.1. The number of benzene rings is 2. The number of hydrogen-bond donors (Lipinski definition) is 1. The second kappa shape index (κ2) is 7.35. The summed E-state index contributed by atoms with van der Waals surface area (Å²) in [6.45, 7) is 8.45. The zero-order valence-electron chi connectivity index (χ0n) is 15.4. The van der Waals surface area contributed by atoms with Gasteiger partial charge in [0, 0.05) is 59.7 Å². The van der Waals surface area contributed by atoms with E-state index in [0.717, 1.165) is 70.7 Å². The fourth-order valence-corrected chi connectivity index (χ4v) is 4.77. The van der Waals surface area contributed by atoms with Crippen molar-refractivity contribution in [2.45, 2.75) is 6.92 Å². The molecule has 136 valence electrons. The first-order valence-electron chi connectivity index (χ1n) is 9.23. The second-order valence-corrected chi connectivity index (χ2v) is 8.19. The van der Waals surface area contributed by atoms with E-state index in [1.807, 2.05) is 24.3 Å². The van der Waals surface area contributed by atoms with Gasteiger partial charge in [0.05, 0.1) is 5.39 Å². The molecule has 0 radical (unpaired) electrons. The van der Waals surface area contributed by atoms with Crippen molar-refractivity contribution in [3.8, 4) is 0 Å². The Hall–Kier alpha value is -1.95. The van der Waals surface area contributed by atoms with Crippen LogP contribution in [0.4, 0.5) is 5.69 Å². The summed E-state index contributed by atoms with van der Waals surface area (Å²) in [6, 6.07) is 12.1. The minimum atomic E-state index is 0.139. The molecule has 2 heterocycles. The Labute approximate surface area is 158 Å². The van der Waals surface area contributed by atoms with Crippen molar-refractivity contribution in [2.75, 3.05) is 51.6 Å². The Kier molecular flexibility index (Phi) is 4.94. The zero-order chi connectivity index (χ0) is 18.1. The van der Waals surface area contributed by atoms with Crippen LogP contribution >= 0.6 is 11.3 Å². The fourth-order valence-electron chi connectivity index (χ4n) is 3.60. The predicted molar refractivity (Wildman–Crippen MR) is 113 cm³/mol. The van der Waals surface area contributed by atoms with Crippen LogP contribution in [0.5, 0.6) is 0 Å². The molecule has 0 spiro atoms. The maximum absolute atomic E-state index is 13.1. The van der Waals surface area contributed by atoms with Gasteiger partial charge in [-0.25, -0.2) is 0 Å². The second-order valence-electron chi connectivity index (χ2n) is 7.13. The Balaban J connectivity index is 1.62. The number of likely N-dealkylation sites (N-methyl/N-ethyl adjacent to an activating group) is 1. The monoisotopic (exact) mass is 367 g/mol. The molecule has 0 saturated carbocycles. The van der Waals surface area contributed by atoms with Crippen molar-refractivity contribution in [1.29, 1.82) is 0 Å². The number of fused-ring (bicyclic) bond motifs is 2. The molecular weight excluding hydrogens is 342 g/mol. The van der Waals surface area contributed by atoms with Gasteiger partial charge < -0.3 is 10.2 Å². The summed E-state index contributed by atoms with van der Waals surface area (Å²) in [5, 5.41) is 5.19. The largest absolute Gasteiger partial charge is 0.383 e. The number of nitrogens with one attached hydrogen (secondary N) is 1. The van der Waals surface area contributed by atoms with E-state index in [4.69, 9.17) is 0 Å². The average molecular weight is 368 g/mol. The normalized spacial score (nSPS) is 16.4. The summed E-state index contributed by atoms with van der Waals surface area (Å²) in [6.07, 6.45) is 0. The number of piperazine rings is 1. The molecule has 4 rings (SSSR count). The summed E-state index contributed by atoms with van der Waals surface area (Å²) in [5.41, 5.74) is 2.27. The van der Waals surface area contributed by atoms with Gasteiger partial charge >= 0.3 is 0 Å². The molecule has 4 nitrogen and oxygen atoms in total. The van der Waals surface area contributed by atoms with Gasteiger partial charge in [-0.1, -0.05) is 18.2 Å². The molecular formula is C21H25N3OS. The predicted octanol–water partition coefficient (Wildman–Crippen LogP) is 3.38. The summed E-state index contributed by atoms with van der Waals surface area (Å²) in [7, 11) is 2.18. The first-order valence-corrected chi connectivity index (χ1v) is 10.0. The van der Waals surface area contributed by atoms with Crippen LogP contribution in [-0.4, -0.2) is 56.1 Å². The van der Waals surface area contributed by atoms with Crippen LogP contribution in [0.15, 0.2) is 41.2 Å². The maximum Gasteiger partial charge on any atom is 0.197 e. The fraction of sp³-hybridized carbons (Fsp3) is 0.381. The molecule has 0 unspecified atom stereocenters. The Morgan fingerprint density at radius 2 is 1.85 bits per heavy atom. The van der Waals surface area contributed by atoms with E-state index in [9.17, 15) is 4.79 Å². The minimum Gasteiger partial charge on any atom is -0.383 e. The number of nitrogens with zero attached hydrogens (tertiary/aromatic N) is 2. The highest BCUT2D eigenvalue weighted by molar-refractivity contribution is 7.24. The molecule has 0 atom stereocenters. The van der Waals surface area contributed by atoms with E-state index in [-0.39, 0.29) is 5.43 Å². The quantitative estimate of drug-likeness (QED) is 0.717. The van der Waals surface area contributed by atoms with Gasteiger partial charge in [0.2, 0.25) is 0 Å². The van der Waals surface area contributed by atoms with Crippen LogP contribution in [0.2, 0.25) is 0 Å². The average Bonchev–Trinajstić information content (AvgIpc) is 2.66. The third-order valence-corrected chi connectivity index (χ3v) is 6.57. The highest BCUT2D eigenvalue weighted by Crippen LogP contribution is 2.31. The minimum absolute atomic E-state index is 0.139. The van der Waals surface area contributed by atoms with E-state index in [1.165, 1.54) is 0 Å². The van der Waals surface area contributed by atoms with Crippen molar-refractivity contribution < 1.29 is 0 Å². The van der Waals surface area contributed by atoms with E-state index in [2.05, 4.69) is 41.2 Å². The number of anilines is 1. The molecule has 0 aliphatic carbocycles. The molecule has 1 saturated heterocycles. The van der Waals surface area contributed by atoms with Gasteiger partial charge in [-0.3, -0.25) is 9.69 Å². The lowest BCUT2D eigenvalue weighted by atomic mass is 10.1. The zero-order valence-corrected chi connectivity index (χ0v) is 16.2. The SMILES string of the molecule is Cc1ccc(NCCN2CCN(C)CC2)c2c(=O)c3ccccc3sc12. The van der Waals surface area contributed by atoms with Crippen molar-refractivity contribution in [3.63, 3.8) is 0 Å². The lowest BCUT2D eigenvalue weighted by Crippen LogP contribution is -2.45. The van der Waals surface area contributed by atoms with E-state index in [1.54, 1.807) is 11.3 Å². The molecule has 3 aromatic rings. The van der Waals surface area contributed by atoms with Crippen LogP contribution in [-0.2, 0) is 0 Å². The van der Waals surface area contributed by atoms with Gasteiger partial charge in [0.15, 0.2) is 5.43 Å². The smallest absolute Gasteiger partial charge is 0.197 e. The third kappa shape index (κ3) is 3.34. The molecule has 1 N–H and O–H groups in total. The van der Waals surface area contributed by atoms with Gasteiger partial charge in [-0.2, -0.15) is 0 Å². The first-order chi connectivity index (χ1) is 12.6. The number of rotatable bonds is 4. The standard InChI is InChI=1S/C21H25N3OS/c1-15-7-8-17(22-9-10-24-13-11-23(2)12-14-24)19-20(25)16-5-3-4-6-18(16)26-21(15)19/h3-8,22H,9-14H2,1-2H3. The summed E-state index contributed by atoms with van der Waals surface area (Å²) >= 11 is 1.71. The number of hydrogen-bond acceptors (Lipinski definition) is 5. The topological polar surface area (TPSA) is 35.6 Å². The summed E-state index contributed by atoms with van der Waals surface area (Å²) < 4.78 is 2.15. The van der Waals surface area contributed by atoms with Crippen LogP contribution in [0.25, 0.3) is 20.2 Å². The van der Waals surface area contributed by atoms with Crippen LogP contribution in [0, 0.1) is 6.92 Å². The molecule has 26 heavy (non-hydrogen) atoms. The van der Waals surface area contributed by atoms with E-state index >= 15 is 0 Å². The molecule has 5 heteroatoms. The third-order valence-electron chi connectivity index (χ3n) is 5.26. The molecule has 1 aromatic heterocycles. The maximum atomic E-state index is 13.1. The molecule has 1 aliphatic heterocycles. The lowest BCUT2D eigenvalue weighted by molar-refractivity contribution is 0.158. The van der Waals surface area contributed by atoms with Crippen molar-refractivity contribution in [2.24, 2.45) is 0 Å². The van der Waals surface area contributed by atoms with Crippen molar-refractivity contribution >= 4 is 37.2 Å². The van der Waals surface area contributed by atoms with Crippen molar-refractivity contribution in [3.05, 3.63) is 52.2 Å². The molecule has 0 bridgehead atoms. The van der Waals surface area contributed by atoms with Crippen LogP contribution in [0.3, 0.4) is 0 Å². The molecule has 1 fully saturated rings. The molecule has 2 aromatic carbocycles. The van der Waals surface area contributed by atoms with Gasteiger partial charge in [0.1, 0.15) is 0 Å². The van der Waals surface area contributed by atoms with Crippen LogP contribution < -0.4 is 10.7 Å². The van der Waals surface area contributed by atoms with Gasteiger partial charge in [-0.05, 0) is 37.7 Å². The van der Waals surface area contributed by atoms with Gasteiger partial charge in [-0.15, -0.1) is 11.3 Å². The first kappa shape index (κ1) is 17.5. The summed E-state index contributed by atoms with van der Waals surface area (Å²) in [5.74, 6) is 0. The van der Waals surface area contributed by atoms with Crippen LogP contribution in [0.1, 0.15) is 5.56 Å². The Morgan fingerprint density at radius 1 is 1.08 bits per heavy atom. The Bertz CT molecular complexity index is 990. The highest BCUT2D eigenvalue weighted by Gasteiger charge is 2.14.